The molecule has 4 heteroatoms. The minimum atomic E-state index is -0.736. The van der Waals surface area contributed by atoms with E-state index in [1.54, 1.807) is 0 Å². The SMILES string of the molecule is CN(C)[C@@H]1CCCC[C@H]1N(C)CC(=O)O. The van der Waals surface area contributed by atoms with Crippen molar-refractivity contribution in [1.29, 1.82) is 0 Å². The number of likely N-dealkylation sites (N-methyl/N-ethyl adjacent to an activating group) is 2. The molecule has 1 saturated carbocycles. The van der Waals surface area contributed by atoms with E-state index in [0.717, 1.165) is 6.42 Å². The van der Waals surface area contributed by atoms with Gasteiger partial charge in [0, 0.05) is 12.1 Å². The Labute approximate surface area is 91.9 Å². The first-order valence-electron chi connectivity index (χ1n) is 5.61. The highest BCUT2D eigenvalue weighted by Crippen LogP contribution is 2.25. The topological polar surface area (TPSA) is 43.8 Å². The van der Waals surface area contributed by atoms with Crippen LogP contribution in [0.5, 0.6) is 0 Å². The third kappa shape index (κ3) is 3.47. The molecular formula is C11H22N2O2. The average molecular weight is 214 g/mol. The molecule has 0 saturated heterocycles. The fourth-order valence-corrected chi connectivity index (χ4v) is 2.54. The van der Waals surface area contributed by atoms with Gasteiger partial charge in [0.25, 0.3) is 0 Å². The Balaban J connectivity index is 2.58. The second-order valence-corrected chi connectivity index (χ2v) is 4.69. The maximum atomic E-state index is 10.7. The minimum Gasteiger partial charge on any atom is -0.480 e. The highest BCUT2D eigenvalue weighted by Gasteiger charge is 2.30. The zero-order valence-electron chi connectivity index (χ0n) is 9.94. The quantitative estimate of drug-likeness (QED) is 0.754. The summed E-state index contributed by atoms with van der Waals surface area (Å²) in [6, 6.07) is 0.896. The van der Waals surface area contributed by atoms with Crippen LogP contribution in [-0.2, 0) is 4.79 Å². The molecule has 1 aliphatic carbocycles. The summed E-state index contributed by atoms with van der Waals surface area (Å²) in [7, 11) is 6.08. The van der Waals surface area contributed by atoms with E-state index in [4.69, 9.17) is 5.11 Å². The summed E-state index contributed by atoms with van der Waals surface area (Å²) in [6.07, 6.45) is 4.79. The molecule has 88 valence electrons. The molecule has 15 heavy (non-hydrogen) atoms. The largest absolute Gasteiger partial charge is 0.480 e. The van der Waals surface area contributed by atoms with E-state index in [-0.39, 0.29) is 6.54 Å². The van der Waals surface area contributed by atoms with E-state index < -0.39 is 5.97 Å². The summed E-state index contributed by atoms with van der Waals surface area (Å²) in [6.45, 7) is 0.148. The van der Waals surface area contributed by atoms with E-state index in [2.05, 4.69) is 19.0 Å². The van der Waals surface area contributed by atoms with Gasteiger partial charge in [0.2, 0.25) is 0 Å². The third-order valence-electron chi connectivity index (χ3n) is 3.31. The van der Waals surface area contributed by atoms with Gasteiger partial charge >= 0.3 is 5.97 Å². The molecule has 1 fully saturated rings. The van der Waals surface area contributed by atoms with Crippen LogP contribution >= 0.6 is 0 Å². The molecule has 1 N–H and O–H groups in total. The molecule has 1 rings (SSSR count). The van der Waals surface area contributed by atoms with Crippen molar-refractivity contribution in [2.24, 2.45) is 0 Å². The Kier molecular flexibility index (Phi) is 4.54. The molecule has 0 heterocycles. The molecule has 0 aromatic carbocycles. The Hall–Kier alpha value is -0.610. The Morgan fingerprint density at radius 3 is 2.20 bits per heavy atom. The Morgan fingerprint density at radius 2 is 1.73 bits per heavy atom. The lowest BCUT2D eigenvalue weighted by Gasteiger charge is -2.40. The van der Waals surface area contributed by atoms with E-state index in [1.165, 1.54) is 19.3 Å². The van der Waals surface area contributed by atoms with Gasteiger partial charge in [-0.05, 0) is 34.0 Å². The second-order valence-electron chi connectivity index (χ2n) is 4.69. The van der Waals surface area contributed by atoms with Crippen LogP contribution in [-0.4, -0.2) is 60.6 Å². The lowest BCUT2D eigenvalue weighted by Crippen LogP contribution is -2.51. The first kappa shape index (κ1) is 12.5. The molecule has 0 radical (unpaired) electrons. The molecule has 0 aliphatic heterocycles. The van der Waals surface area contributed by atoms with Gasteiger partial charge in [0.05, 0.1) is 6.54 Å². The first-order valence-corrected chi connectivity index (χ1v) is 5.61. The smallest absolute Gasteiger partial charge is 0.317 e. The normalized spacial score (nSPS) is 27.3. The molecule has 2 atom stereocenters. The van der Waals surface area contributed by atoms with E-state index in [9.17, 15) is 4.79 Å². The van der Waals surface area contributed by atoms with Gasteiger partial charge in [0.15, 0.2) is 0 Å². The summed E-state index contributed by atoms with van der Waals surface area (Å²) >= 11 is 0. The molecular weight excluding hydrogens is 192 g/mol. The predicted octanol–water partition coefficient (Wildman–Crippen LogP) is 0.876. The number of rotatable bonds is 4. The van der Waals surface area contributed by atoms with E-state index >= 15 is 0 Å². The lowest BCUT2D eigenvalue weighted by molar-refractivity contribution is -0.139. The fourth-order valence-electron chi connectivity index (χ4n) is 2.54. The maximum absolute atomic E-state index is 10.7. The number of aliphatic carboxylic acids is 1. The molecule has 0 aromatic rings. The number of carboxylic acid groups (broad SMARTS) is 1. The van der Waals surface area contributed by atoms with Gasteiger partial charge in [-0.1, -0.05) is 12.8 Å². The lowest BCUT2D eigenvalue weighted by atomic mass is 9.88. The summed E-state index contributed by atoms with van der Waals surface area (Å²) < 4.78 is 0. The van der Waals surface area contributed by atoms with Crippen LogP contribution in [0.1, 0.15) is 25.7 Å². The average Bonchev–Trinajstić information content (AvgIpc) is 2.16. The van der Waals surface area contributed by atoms with Crippen LogP contribution < -0.4 is 0 Å². The van der Waals surface area contributed by atoms with E-state index in [1.807, 2.05) is 11.9 Å². The van der Waals surface area contributed by atoms with E-state index in [0.29, 0.717) is 12.1 Å². The van der Waals surface area contributed by atoms with Gasteiger partial charge in [-0.25, -0.2) is 0 Å². The summed E-state index contributed by atoms with van der Waals surface area (Å²) in [4.78, 5) is 14.9. The van der Waals surface area contributed by atoms with Crippen LogP contribution in [0, 0.1) is 0 Å². The fraction of sp³-hybridized carbons (Fsp3) is 0.909. The first-order chi connectivity index (χ1) is 7.02. The van der Waals surface area contributed by atoms with Gasteiger partial charge in [-0.3, -0.25) is 9.69 Å². The van der Waals surface area contributed by atoms with Crippen LogP contribution in [0.2, 0.25) is 0 Å². The van der Waals surface area contributed by atoms with Crippen molar-refractivity contribution in [3.8, 4) is 0 Å². The van der Waals surface area contributed by atoms with Crippen molar-refractivity contribution in [2.75, 3.05) is 27.7 Å². The number of hydrogen-bond donors (Lipinski definition) is 1. The van der Waals surface area contributed by atoms with Crippen molar-refractivity contribution >= 4 is 5.97 Å². The zero-order chi connectivity index (χ0) is 11.4. The number of hydrogen-bond acceptors (Lipinski definition) is 3. The number of nitrogens with zero attached hydrogens (tertiary/aromatic N) is 2. The van der Waals surface area contributed by atoms with Gasteiger partial charge < -0.3 is 10.0 Å². The van der Waals surface area contributed by atoms with Crippen LogP contribution in [0.3, 0.4) is 0 Å². The van der Waals surface area contributed by atoms with Crippen molar-refractivity contribution < 1.29 is 9.90 Å². The monoisotopic (exact) mass is 214 g/mol. The van der Waals surface area contributed by atoms with Gasteiger partial charge in [-0.15, -0.1) is 0 Å². The van der Waals surface area contributed by atoms with Gasteiger partial charge in [-0.2, -0.15) is 0 Å². The highest BCUT2D eigenvalue weighted by molar-refractivity contribution is 5.69. The third-order valence-corrected chi connectivity index (χ3v) is 3.31. The summed E-state index contributed by atoms with van der Waals surface area (Å²) in [5.41, 5.74) is 0. The molecule has 0 aromatic heterocycles. The highest BCUT2D eigenvalue weighted by atomic mass is 16.4. The molecule has 1 aliphatic rings. The van der Waals surface area contributed by atoms with Crippen LogP contribution in [0.4, 0.5) is 0 Å². The van der Waals surface area contributed by atoms with Crippen LogP contribution in [0.15, 0.2) is 0 Å². The van der Waals surface area contributed by atoms with Crippen LogP contribution in [0.25, 0.3) is 0 Å². The number of carbonyl (C=O) groups is 1. The molecule has 0 bridgehead atoms. The molecule has 0 unspecified atom stereocenters. The van der Waals surface area contributed by atoms with Crippen molar-refractivity contribution in [3.05, 3.63) is 0 Å². The Bertz CT molecular complexity index is 219. The molecule has 0 spiro atoms. The standard InChI is InChI=1S/C11H22N2O2/c1-12(2)9-6-4-5-7-10(9)13(3)8-11(14)15/h9-10H,4-8H2,1-3H3,(H,14,15)/t9-,10-/m1/s1. The Morgan fingerprint density at radius 1 is 1.20 bits per heavy atom. The summed E-state index contributed by atoms with van der Waals surface area (Å²) in [5.74, 6) is -0.736. The molecule has 0 amide bonds. The van der Waals surface area contributed by atoms with Gasteiger partial charge in [0.1, 0.15) is 0 Å². The zero-order valence-corrected chi connectivity index (χ0v) is 9.94. The minimum absolute atomic E-state index is 0.148. The summed E-state index contributed by atoms with van der Waals surface area (Å²) in [5, 5.41) is 8.78. The number of carboxylic acids is 1. The van der Waals surface area contributed by atoms with Crippen molar-refractivity contribution in [1.82, 2.24) is 9.80 Å². The van der Waals surface area contributed by atoms with Crippen molar-refractivity contribution in [3.63, 3.8) is 0 Å². The predicted molar refractivity (Wildman–Crippen MR) is 60.0 cm³/mol. The van der Waals surface area contributed by atoms with Crippen molar-refractivity contribution in [2.45, 2.75) is 37.8 Å². The maximum Gasteiger partial charge on any atom is 0.317 e. The second kappa shape index (κ2) is 5.47. The molecule has 4 nitrogen and oxygen atoms in total.